The maximum Gasteiger partial charge on any atom is 0.419 e. The zero-order chi connectivity index (χ0) is 22.1. The summed E-state index contributed by atoms with van der Waals surface area (Å²) in [6.45, 7) is 12.7. The monoisotopic (exact) mass is 425 g/mol. The molecule has 0 radical (unpaired) electrons. The number of nitrogen functional groups attached to an aromatic ring is 1. The molecule has 2 aliphatic rings. The lowest BCUT2D eigenvalue weighted by Crippen LogP contribution is -2.47. The predicted octanol–water partition coefficient (Wildman–Crippen LogP) is 4.03. The summed E-state index contributed by atoms with van der Waals surface area (Å²) in [5.74, 6) is 0.386. The largest absolute Gasteiger partial charge is 0.419 e. The van der Waals surface area contributed by atoms with Crippen molar-refractivity contribution in [1.29, 1.82) is 0 Å². The van der Waals surface area contributed by atoms with Gasteiger partial charge in [0.2, 0.25) is 0 Å². The number of nitrogens with two attached hydrogens (primary N) is 1. The van der Waals surface area contributed by atoms with Gasteiger partial charge in [-0.2, -0.15) is 18.3 Å². The smallest absolute Gasteiger partial charge is 0.383 e. The van der Waals surface area contributed by atoms with Crippen LogP contribution in [0.4, 0.5) is 19.0 Å². The summed E-state index contributed by atoms with van der Waals surface area (Å²) in [6.07, 6.45) is -0.130. The van der Waals surface area contributed by atoms with Gasteiger partial charge in [-0.05, 0) is 51.8 Å². The van der Waals surface area contributed by atoms with Gasteiger partial charge in [-0.1, -0.05) is 6.92 Å². The van der Waals surface area contributed by atoms with Crippen LogP contribution in [0, 0.1) is 5.92 Å². The molecule has 0 aliphatic carbocycles. The van der Waals surface area contributed by atoms with Crippen molar-refractivity contribution in [3.8, 4) is 11.3 Å². The van der Waals surface area contributed by atoms with Crippen LogP contribution in [0.5, 0.6) is 0 Å². The molecule has 0 amide bonds. The standard InChI is InChI=1S/C13H15F3N4.C8H15NO/c1-12(2,3)20-5-4-10(19-20)8-6-9(13(14,15)16)11(17)18-7-8;1-7-2-3-9(4-7)8-5-10-6-8/h4-7H,1-3H3,(H2,17,18);7-8H,2-6H2,1H3. The molecule has 9 heteroatoms. The Kier molecular flexibility index (Phi) is 6.43. The molecule has 0 saturated carbocycles. The fraction of sp³-hybridized carbons (Fsp3) is 0.619. The summed E-state index contributed by atoms with van der Waals surface area (Å²) in [4.78, 5) is 6.17. The van der Waals surface area contributed by atoms with Crippen LogP contribution >= 0.6 is 0 Å². The molecule has 4 heterocycles. The topological polar surface area (TPSA) is 69.2 Å². The van der Waals surface area contributed by atoms with Gasteiger partial charge in [0.05, 0.1) is 36.1 Å². The van der Waals surface area contributed by atoms with Crippen molar-refractivity contribution in [3.63, 3.8) is 0 Å². The van der Waals surface area contributed by atoms with Crippen molar-refractivity contribution in [3.05, 3.63) is 30.1 Å². The number of anilines is 1. The van der Waals surface area contributed by atoms with Gasteiger partial charge in [0, 0.05) is 24.5 Å². The van der Waals surface area contributed by atoms with E-state index >= 15 is 0 Å². The minimum absolute atomic E-state index is 0.244. The van der Waals surface area contributed by atoms with Gasteiger partial charge in [-0.3, -0.25) is 9.58 Å². The van der Waals surface area contributed by atoms with E-state index in [1.165, 1.54) is 25.7 Å². The first-order chi connectivity index (χ1) is 13.9. The lowest BCUT2D eigenvalue weighted by atomic mass is 10.1. The third-order valence-electron chi connectivity index (χ3n) is 5.39. The van der Waals surface area contributed by atoms with Crippen LogP contribution in [0.3, 0.4) is 0 Å². The summed E-state index contributed by atoms with van der Waals surface area (Å²) < 4.78 is 45.2. The summed E-state index contributed by atoms with van der Waals surface area (Å²) in [7, 11) is 0. The molecular formula is C21H30F3N5O. The zero-order valence-corrected chi connectivity index (χ0v) is 17.9. The van der Waals surface area contributed by atoms with E-state index < -0.39 is 17.6 Å². The van der Waals surface area contributed by atoms with Crippen molar-refractivity contribution in [1.82, 2.24) is 19.7 Å². The van der Waals surface area contributed by atoms with E-state index in [9.17, 15) is 13.2 Å². The average molecular weight is 425 g/mol. The second-order valence-electron chi connectivity index (χ2n) is 9.05. The molecule has 2 aromatic heterocycles. The first-order valence-electron chi connectivity index (χ1n) is 10.2. The maximum atomic E-state index is 12.8. The number of alkyl halides is 3. The van der Waals surface area contributed by atoms with Crippen molar-refractivity contribution in [2.45, 2.75) is 51.9 Å². The van der Waals surface area contributed by atoms with Crippen LogP contribution in [0.2, 0.25) is 0 Å². The molecule has 0 bridgehead atoms. The highest BCUT2D eigenvalue weighted by molar-refractivity contribution is 5.61. The first-order valence-corrected chi connectivity index (χ1v) is 10.2. The van der Waals surface area contributed by atoms with Gasteiger partial charge in [-0.15, -0.1) is 0 Å². The number of pyridine rings is 1. The minimum atomic E-state index is -4.53. The summed E-state index contributed by atoms with van der Waals surface area (Å²) in [6, 6.07) is 3.39. The second-order valence-corrected chi connectivity index (χ2v) is 9.05. The number of aromatic nitrogens is 3. The van der Waals surface area contributed by atoms with Crippen LogP contribution < -0.4 is 5.73 Å². The van der Waals surface area contributed by atoms with E-state index in [-0.39, 0.29) is 11.1 Å². The van der Waals surface area contributed by atoms with Crippen molar-refractivity contribution < 1.29 is 17.9 Å². The Morgan fingerprint density at radius 3 is 2.37 bits per heavy atom. The molecule has 0 aromatic carbocycles. The molecule has 2 fully saturated rings. The summed E-state index contributed by atoms with van der Waals surface area (Å²) in [5, 5.41) is 4.27. The molecular weight excluding hydrogens is 395 g/mol. The highest BCUT2D eigenvalue weighted by Crippen LogP contribution is 2.34. The summed E-state index contributed by atoms with van der Waals surface area (Å²) in [5.41, 5.74) is 4.80. The Morgan fingerprint density at radius 1 is 1.20 bits per heavy atom. The second kappa shape index (κ2) is 8.55. The van der Waals surface area contributed by atoms with E-state index in [1.807, 2.05) is 20.8 Å². The molecule has 2 N–H and O–H groups in total. The SMILES string of the molecule is CC(C)(C)n1ccc(-c2cnc(N)c(C(F)(F)F)c2)n1.CC1CCN(C2COC2)C1. The number of nitrogens with zero attached hydrogens (tertiary/aromatic N) is 4. The summed E-state index contributed by atoms with van der Waals surface area (Å²) >= 11 is 0. The Morgan fingerprint density at radius 2 is 1.90 bits per heavy atom. The van der Waals surface area contributed by atoms with Gasteiger partial charge in [0.1, 0.15) is 5.82 Å². The predicted molar refractivity (Wildman–Crippen MR) is 110 cm³/mol. The Hall–Kier alpha value is -2.13. The van der Waals surface area contributed by atoms with E-state index in [4.69, 9.17) is 10.5 Å². The number of ether oxygens (including phenoxy) is 1. The van der Waals surface area contributed by atoms with Gasteiger partial charge in [-0.25, -0.2) is 4.98 Å². The van der Waals surface area contributed by atoms with Gasteiger partial charge >= 0.3 is 6.18 Å². The fourth-order valence-electron chi connectivity index (χ4n) is 3.43. The lowest BCUT2D eigenvalue weighted by Gasteiger charge is -2.34. The van der Waals surface area contributed by atoms with E-state index in [0.717, 1.165) is 31.2 Å². The molecule has 2 saturated heterocycles. The van der Waals surface area contributed by atoms with E-state index in [0.29, 0.717) is 5.69 Å². The van der Waals surface area contributed by atoms with Crippen LogP contribution in [-0.2, 0) is 16.5 Å². The minimum Gasteiger partial charge on any atom is -0.383 e. The molecule has 166 valence electrons. The molecule has 6 nitrogen and oxygen atoms in total. The molecule has 2 aromatic rings. The highest BCUT2D eigenvalue weighted by atomic mass is 19.4. The quantitative estimate of drug-likeness (QED) is 0.787. The van der Waals surface area contributed by atoms with E-state index in [1.54, 1.807) is 16.9 Å². The average Bonchev–Trinajstić information content (AvgIpc) is 3.22. The van der Waals surface area contributed by atoms with Crippen molar-refractivity contribution in [2.24, 2.45) is 5.92 Å². The molecule has 30 heavy (non-hydrogen) atoms. The fourth-order valence-corrected chi connectivity index (χ4v) is 3.43. The third-order valence-corrected chi connectivity index (χ3v) is 5.39. The Balaban J connectivity index is 0.000000212. The van der Waals surface area contributed by atoms with Crippen LogP contribution in [0.25, 0.3) is 11.3 Å². The van der Waals surface area contributed by atoms with Gasteiger partial charge in [0.25, 0.3) is 0 Å². The first kappa shape index (κ1) is 22.6. The Labute approximate surface area is 175 Å². The van der Waals surface area contributed by atoms with Crippen LogP contribution in [0.15, 0.2) is 24.5 Å². The molecule has 4 rings (SSSR count). The lowest BCUT2D eigenvalue weighted by molar-refractivity contribution is -0.137. The van der Waals surface area contributed by atoms with Gasteiger partial charge in [0.15, 0.2) is 0 Å². The molecule has 0 spiro atoms. The number of hydrogen-bond donors (Lipinski definition) is 1. The van der Waals surface area contributed by atoms with Crippen LogP contribution in [-0.4, -0.2) is 52.0 Å². The highest BCUT2D eigenvalue weighted by Gasteiger charge is 2.34. The number of likely N-dealkylation sites (tertiary alicyclic amines) is 1. The third kappa shape index (κ3) is 5.31. The maximum absolute atomic E-state index is 12.8. The van der Waals surface area contributed by atoms with Crippen molar-refractivity contribution in [2.75, 3.05) is 32.0 Å². The number of hydrogen-bond acceptors (Lipinski definition) is 5. The normalized spacial score (nSPS) is 20.6. The number of rotatable bonds is 2. The van der Waals surface area contributed by atoms with E-state index in [2.05, 4.69) is 21.9 Å². The van der Waals surface area contributed by atoms with Crippen LogP contribution in [0.1, 0.15) is 39.7 Å². The Bertz CT molecular complexity index is 855. The van der Waals surface area contributed by atoms with Crippen molar-refractivity contribution >= 4 is 5.82 Å². The molecule has 2 aliphatic heterocycles. The molecule has 1 unspecified atom stereocenters. The zero-order valence-electron chi connectivity index (χ0n) is 17.9. The number of halogens is 3. The van der Waals surface area contributed by atoms with Gasteiger partial charge < -0.3 is 10.5 Å². The molecule has 1 atom stereocenters.